The molecule has 2 heterocycles. The molecule has 0 amide bonds. The summed E-state index contributed by atoms with van der Waals surface area (Å²) in [5, 5.41) is 11.4. The van der Waals surface area contributed by atoms with Crippen molar-refractivity contribution in [3.05, 3.63) is 78.4 Å². The number of hydrogen-bond acceptors (Lipinski definition) is 6. The molecule has 0 saturated heterocycles. The number of aryl methyl sites for hydroxylation is 1. The normalized spacial score (nSPS) is 10.8. The summed E-state index contributed by atoms with van der Waals surface area (Å²) < 4.78 is 6.88. The Morgan fingerprint density at radius 2 is 1.86 bits per heavy atom. The quantitative estimate of drug-likeness (QED) is 0.215. The van der Waals surface area contributed by atoms with Crippen molar-refractivity contribution in [1.29, 1.82) is 0 Å². The van der Waals surface area contributed by atoms with Crippen molar-refractivity contribution in [2.45, 2.75) is 13.8 Å². The second-order valence-corrected chi connectivity index (χ2v) is 7.99. The van der Waals surface area contributed by atoms with E-state index >= 15 is 0 Å². The molecule has 0 unspecified atom stereocenters. The highest BCUT2D eigenvalue weighted by molar-refractivity contribution is 7.17. The molecule has 1 aromatic carbocycles. The van der Waals surface area contributed by atoms with Crippen LogP contribution in [0.3, 0.4) is 0 Å². The number of benzene rings is 1. The third-order valence-electron chi connectivity index (χ3n) is 4.20. The van der Waals surface area contributed by atoms with Crippen molar-refractivity contribution in [3.63, 3.8) is 0 Å². The third kappa shape index (κ3) is 4.34. The van der Waals surface area contributed by atoms with Gasteiger partial charge in [0.2, 0.25) is 5.78 Å². The van der Waals surface area contributed by atoms with Crippen molar-refractivity contribution in [3.8, 4) is 5.69 Å². The van der Waals surface area contributed by atoms with Crippen molar-refractivity contribution in [1.82, 2.24) is 4.57 Å². The minimum absolute atomic E-state index is 0.0609. The highest BCUT2D eigenvalue weighted by Gasteiger charge is 2.21. The number of carbonyl (C=O) groups excluding carboxylic acids is 2. The lowest BCUT2D eigenvalue weighted by molar-refractivity contribution is -0.380. The van der Waals surface area contributed by atoms with E-state index in [1.165, 1.54) is 12.1 Å². The fourth-order valence-electron chi connectivity index (χ4n) is 2.88. The Bertz CT molecular complexity index is 1140. The van der Waals surface area contributed by atoms with E-state index in [0.717, 1.165) is 11.4 Å². The van der Waals surface area contributed by atoms with Gasteiger partial charge < -0.3 is 9.30 Å². The van der Waals surface area contributed by atoms with E-state index in [4.69, 9.17) is 27.9 Å². The van der Waals surface area contributed by atoms with E-state index in [2.05, 4.69) is 0 Å². The van der Waals surface area contributed by atoms with E-state index in [1.807, 2.05) is 11.5 Å². The Morgan fingerprint density at radius 3 is 2.48 bits per heavy atom. The second kappa shape index (κ2) is 8.36. The number of Topliss-reactive ketones (excluding diaryl/α,β-unsaturated/α-hetero) is 1. The molecule has 3 aromatic rings. The van der Waals surface area contributed by atoms with Gasteiger partial charge in [-0.05, 0) is 44.2 Å². The van der Waals surface area contributed by atoms with Crippen molar-refractivity contribution in [2.24, 2.45) is 0 Å². The number of esters is 1. The Balaban J connectivity index is 1.76. The van der Waals surface area contributed by atoms with Crippen LogP contribution in [0.5, 0.6) is 0 Å². The Hall–Kier alpha value is -2.68. The van der Waals surface area contributed by atoms with Crippen LogP contribution < -0.4 is 0 Å². The van der Waals surface area contributed by atoms with Crippen molar-refractivity contribution >= 4 is 51.3 Å². The van der Waals surface area contributed by atoms with Gasteiger partial charge in [-0.3, -0.25) is 14.9 Å². The van der Waals surface area contributed by atoms with Gasteiger partial charge in [0.25, 0.3) is 0 Å². The molecule has 10 heteroatoms. The van der Waals surface area contributed by atoms with Crippen LogP contribution in [0.15, 0.2) is 36.4 Å². The minimum atomic E-state index is -0.783. The summed E-state index contributed by atoms with van der Waals surface area (Å²) in [5.41, 5.74) is 2.60. The topological polar surface area (TPSA) is 91.4 Å². The molecule has 0 aliphatic rings. The van der Waals surface area contributed by atoms with Gasteiger partial charge in [-0.25, -0.2) is 4.79 Å². The van der Waals surface area contributed by atoms with Crippen LogP contribution in [0.4, 0.5) is 5.00 Å². The highest BCUT2D eigenvalue weighted by atomic mass is 35.5. The summed E-state index contributed by atoms with van der Waals surface area (Å²) in [6.07, 6.45) is 0. The van der Waals surface area contributed by atoms with Crippen LogP contribution >= 0.6 is 34.5 Å². The van der Waals surface area contributed by atoms with Gasteiger partial charge in [0.15, 0.2) is 6.61 Å². The van der Waals surface area contributed by atoms with Gasteiger partial charge in [-0.15, -0.1) is 0 Å². The molecular formula is C19H14Cl2N2O5S. The van der Waals surface area contributed by atoms with Crippen LogP contribution in [-0.2, 0) is 4.74 Å². The monoisotopic (exact) mass is 452 g/mol. The number of carbonyl (C=O) groups is 2. The fourth-order valence-corrected chi connectivity index (χ4v) is 3.89. The number of nitro groups is 1. The molecule has 0 aliphatic heterocycles. The van der Waals surface area contributed by atoms with E-state index in [1.54, 1.807) is 31.2 Å². The molecular weight excluding hydrogens is 439 g/mol. The summed E-state index contributed by atoms with van der Waals surface area (Å²) >= 11 is 12.7. The zero-order chi connectivity index (χ0) is 21.3. The fraction of sp³-hybridized carbons (Fsp3) is 0.158. The minimum Gasteiger partial charge on any atom is -0.453 e. The van der Waals surface area contributed by atoms with E-state index in [-0.39, 0.29) is 15.7 Å². The summed E-state index contributed by atoms with van der Waals surface area (Å²) in [4.78, 5) is 34.8. The molecule has 150 valence electrons. The van der Waals surface area contributed by atoms with E-state index < -0.39 is 17.5 Å². The van der Waals surface area contributed by atoms with Crippen LogP contribution in [0.25, 0.3) is 5.69 Å². The predicted octanol–water partition coefficient (Wildman–Crippen LogP) is 5.41. The highest BCUT2D eigenvalue weighted by Crippen LogP contribution is 2.28. The number of rotatable bonds is 6. The lowest BCUT2D eigenvalue weighted by Crippen LogP contribution is -2.14. The first-order chi connectivity index (χ1) is 13.7. The van der Waals surface area contributed by atoms with Crippen LogP contribution in [0.2, 0.25) is 10.0 Å². The average molecular weight is 453 g/mol. The molecule has 0 radical (unpaired) electrons. The van der Waals surface area contributed by atoms with Gasteiger partial charge in [-0.2, -0.15) is 0 Å². The van der Waals surface area contributed by atoms with Gasteiger partial charge >= 0.3 is 11.0 Å². The van der Waals surface area contributed by atoms with Gasteiger partial charge in [0.05, 0.1) is 15.0 Å². The molecule has 3 rings (SSSR count). The zero-order valence-corrected chi connectivity index (χ0v) is 17.6. The van der Waals surface area contributed by atoms with Crippen molar-refractivity contribution in [2.75, 3.05) is 6.61 Å². The molecule has 0 aliphatic carbocycles. The lowest BCUT2D eigenvalue weighted by atomic mass is 10.1. The standard InChI is InChI=1S/C19H14Cl2N2O5S/c1-10-7-13(11(2)22(10)12-3-4-14(20)15(21)8-12)16(24)9-28-19(25)17-5-6-18(29-17)23(26)27/h3-8H,9H2,1-2H3. The zero-order valence-electron chi connectivity index (χ0n) is 15.3. The largest absolute Gasteiger partial charge is 0.453 e. The van der Waals surface area contributed by atoms with Gasteiger partial charge in [-0.1, -0.05) is 34.5 Å². The number of hydrogen-bond donors (Lipinski definition) is 0. The first kappa shape index (κ1) is 21.0. The molecule has 0 fully saturated rings. The molecule has 2 aromatic heterocycles. The number of aromatic nitrogens is 1. The second-order valence-electron chi connectivity index (χ2n) is 6.11. The smallest absolute Gasteiger partial charge is 0.349 e. The number of halogens is 2. The maximum absolute atomic E-state index is 12.6. The molecule has 7 nitrogen and oxygen atoms in total. The number of nitrogens with zero attached hydrogens (tertiary/aromatic N) is 2. The van der Waals surface area contributed by atoms with E-state index in [9.17, 15) is 19.7 Å². The molecule has 29 heavy (non-hydrogen) atoms. The average Bonchev–Trinajstić information content (AvgIpc) is 3.27. The number of ketones is 1. The van der Waals surface area contributed by atoms with Crippen LogP contribution in [-0.4, -0.2) is 27.8 Å². The van der Waals surface area contributed by atoms with Crippen LogP contribution in [0.1, 0.15) is 31.4 Å². The Morgan fingerprint density at radius 1 is 1.14 bits per heavy atom. The SMILES string of the molecule is Cc1cc(C(=O)COC(=O)c2ccc([N+](=O)[O-])s2)c(C)n1-c1ccc(Cl)c(Cl)c1. The Kier molecular flexibility index (Phi) is 6.07. The predicted molar refractivity (Wildman–Crippen MR) is 111 cm³/mol. The van der Waals surface area contributed by atoms with Crippen molar-refractivity contribution < 1.29 is 19.2 Å². The molecule has 0 atom stereocenters. The molecule has 0 spiro atoms. The van der Waals surface area contributed by atoms with Gasteiger partial charge in [0.1, 0.15) is 4.88 Å². The maximum atomic E-state index is 12.6. The number of ether oxygens (including phenoxy) is 1. The Labute approximate surface area is 179 Å². The third-order valence-corrected chi connectivity index (χ3v) is 5.96. The van der Waals surface area contributed by atoms with Crippen LogP contribution in [0, 0.1) is 24.0 Å². The lowest BCUT2D eigenvalue weighted by Gasteiger charge is -2.11. The summed E-state index contributed by atoms with van der Waals surface area (Å²) in [7, 11) is 0. The molecule has 0 bridgehead atoms. The van der Waals surface area contributed by atoms with Gasteiger partial charge in [0, 0.05) is 28.7 Å². The summed E-state index contributed by atoms with van der Waals surface area (Å²) in [6, 6.07) is 9.36. The van der Waals surface area contributed by atoms with E-state index in [0.29, 0.717) is 32.6 Å². The summed E-state index contributed by atoms with van der Waals surface area (Å²) in [5.74, 6) is -1.17. The summed E-state index contributed by atoms with van der Waals surface area (Å²) in [6.45, 7) is 3.13. The first-order valence-corrected chi connectivity index (χ1v) is 9.85. The maximum Gasteiger partial charge on any atom is 0.349 e. The molecule has 0 N–H and O–H groups in total. The first-order valence-electron chi connectivity index (χ1n) is 8.28. The number of thiophene rings is 1. The molecule has 0 saturated carbocycles.